The van der Waals surface area contributed by atoms with Crippen LogP contribution in [-0.2, 0) is 11.3 Å². The lowest BCUT2D eigenvalue weighted by Crippen LogP contribution is -2.20. The molecule has 0 unspecified atom stereocenters. The van der Waals surface area contributed by atoms with Crippen LogP contribution >= 0.6 is 0 Å². The van der Waals surface area contributed by atoms with E-state index in [-0.39, 0.29) is 5.91 Å². The molecule has 0 saturated carbocycles. The first-order valence-corrected chi connectivity index (χ1v) is 4.25. The minimum Gasteiger partial charge on any atom is -0.308 e. The van der Waals surface area contributed by atoms with Gasteiger partial charge >= 0.3 is 0 Å². The molecule has 0 bridgehead atoms. The summed E-state index contributed by atoms with van der Waals surface area (Å²) in [5.74, 6) is 0.0567. The number of fused-ring (bicyclic) bond motifs is 1. The SMILES string of the molecule is C=C1c2ccccc2CN1C(C)=O. The maximum Gasteiger partial charge on any atom is 0.224 e. The molecule has 2 rings (SSSR count). The van der Waals surface area contributed by atoms with Crippen LogP contribution in [0.4, 0.5) is 0 Å². The Kier molecular flexibility index (Phi) is 1.69. The highest BCUT2D eigenvalue weighted by atomic mass is 16.2. The number of nitrogens with zero attached hydrogens (tertiary/aromatic N) is 1. The van der Waals surface area contributed by atoms with Crippen LogP contribution in [0.2, 0.25) is 0 Å². The van der Waals surface area contributed by atoms with E-state index >= 15 is 0 Å². The van der Waals surface area contributed by atoms with Gasteiger partial charge in [0.1, 0.15) is 0 Å². The number of amides is 1. The van der Waals surface area contributed by atoms with E-state index in [1.54, 1.807) is 11.8 Å². The Morgan fingerprint density at radius 2 is 2.15 bits per heavy atom. The van der Waals surface area contributed by atoms with E-state index in [2.05, 4.69) is 6.58 Å². The summed E-state index contributed by atoms with van der Waals surface area (Å²) >= 11 is 0. The Bertz CT molecular complexity index is 381. The molecular formula is C11H11NO. The van der Waals surface area contributed by atoms with Gasteiger partial charge in [-0.1, -0.05) is 30.8 Å². The zero-order valence-electron chi connectivity index (χ0n) is 7.58. The molecule has 0 saturated heterocycles. The second kappa shape index (κ2) is 2.73. The van der Waals surface area contributed by atoms with Gasteiger partial charge in [0, 0.05) is 18.2 Å². The Hall–Kier alpha value is -1.57. The average Bonchev–Trinajstić information content (AvgIpc) is 2.45. The van der Waals surface area contributed by atoms with Crippen LogP contribution in [0.1, 0.15) is 18.1 Å². The molecule has 0 spiro atoms. The molecule has 2 heteroatoms. The molecule has 0 atom stereocenters. The second-order valence-electron chi connectivity index (χ2n) is 3.21. The number of rotatable bonds is 0. The normalized spacial score (nSPS) is 14.5. The van der Waals surface area contributed by atoms with Crippen LogP contribution in [0.5, 0.6) is 0 Å². The molecule has 2 nitrogen and oxygen atoms in total. The highest BCUT2D eigenvalue weighted by Gasteiger charge is 2.23. The third-order valence-corrected chi connectivity index (χ3v) is 2.36. The predicted octanol–water partition coefficient (Wildman–Crippen LogP) is 2.02. The lowest BCUT2D eigenvalue weighted by atomic mass is 10.1. The lowest BCUT2D eigenvalue weighted by molar-refractivity contribution is -0.125. The average molecular weight is 173 g/mol. The van der Waals surface area contributed by atoms with Crippen LogP contribution in [0.3, 0.4) is 0 Å². The van der Waals surface area contributed by atoms with Crippen molar-refractivity contribution in [2.45, 2.75) is 13.5 Å². The molecule has 1 aromatic rings. The summed E-state index contributed by atoms with van der Waals surface area (Å²) in [6, 6.07) is 7.98. The summed E-state index contributed by atoms with van der Waals surface area (Å²) in [6.45, 7) is 6.14. The van der Waals surface area contributed by atoms with Crippen LogP contribution in [0.25, 0.3) is 5.70 Å². The summed E-state index contributed by atoms with van der Waals surface area (Å²) in [5, 5.41) is 0. The maximum atomic E-state index is 11.2. The zero-order valence-corrected chi connectivity index (χ0v) is 7.58. The zero-order chi connectivity index (χ0) is 9.42. The van der Waals surface area contributed by atoms with Crippen molar-refractivity contribution >= 4 is 11.6 Å². The largest absolute Gasteiger partial charge is 0.308 e. The first-order valence-electron chi connectivity index (χ1n) is 4.25. The van der Waals surface area contributed by atoms with Crippen LogP contribution < -0.4 is 0 Å². The highest BCUT2D eigenvalue weighted by molar-refractivity contribution is 5.87. The van der Waals surface area contributed by atoms with E-state index in [4.69, 9.17) is 0 Å². The van der Waals surface area contributed by atoms with E-state index < -0.39 is 0 Å². The van der Waals surface area contributed by atoms with E-state index in [1.165, 1.54) is 5.56 Å². The third kappa shape index (κ3) is 1.15. The monoisotopic (exact) mass is 173 g/mol. The maximum absolute atomic E-state index is 11.2. The van der Waals surface area contributed by atoms with Crippen molar-refractivity contribution in [3.63, 3.8) is 0 Å². The van der Waals surface area contributed by atoms with Crippen molar-refractivity contribution in [1.82, 2.24) is 4.90 Å². The van der Waals surface area contributed by atoms with E-state index in [0.717, 1.165) is 11.3 Å². The molecule has 13 heavy (non-hydrogen) atoms. The first kappa shape index (κ1) is 8.05. The van der Waals surface area contributed by atoms with Gasteiger partial charge in [-0.2, -0.15) is 0 Å². The summed E-state index contributed by atoms with van der Waals surface area (Å²) in [6.07, 6.45) is 0. The van der Waals surface area contributed by atoms with Gasteiger partial charge in [0.15, 0.2) is 0 Å². The summed E-state index contributed by atoms with van der Waals surface area (Å²) in [7, 11) is 0. The number of carbonyl (C=O) groups is 1. The van der Waals surface area contributed by atoms with Gasteiger partial charge in [0.2, 0.25) is 5.91 Å². The van der Waals surface area contributed by atoms with Crippen LogP contribution in [0, 0.1) is 0 Å². The molecule has 1 amide bonds. The van der Waals surface area contributed by atoms with E-state index in [1.807, 2.05) is 24.3 Å². The molecule has 0 aromatic heterocycles. The third-order valence-electron chi connectivity index (χ3n) is 2.36. The fourth-order valence-electron chi connectivity index (χ4n) is 1.65. The van der Waals surface area contributed by atoms with Crippen molar-refractivity contribution in [2.24, 2.45) is 0 Å². The van der Waals surface area contributed by atoms with Gasteiger partial charge in [-0.25, -0.2) is 0 Å². The van der Waals surface area contributed by atoms with Crippen molar-refractivity contribution in [2.75, 3.05) is 0 Å². The molecule has 0 fully saturated rings. The summed E-state index contributed by atoms with van der Waals surface area (Å²) in [4.78, 5) is 12.9. The van der Waals surface area contributed by atoms with Crippen LogP contribution in [-0.4, -0.2) is 10.8 Å². The Balaban J connectivity index is 2.44. The van der Waals surface area contributed by atoms with Crippen molar-refractivity contribution in [1.29, 1.82) is 0 Å². The first-order chi connectivity index (χ1) is 6.20. The van der Waals surface area contributed by atoms with E-state index in [0.29, 0.717) is 6.54 Å². The van der Waals surface area contributed by atoms with Crippen molar-refractivity contribution in [3.8, 4) is 0 Å². The van der Waals surface area contributed by atoms with Gasteiger partial charge in [0.25, 0.3) is 0 Å². The summed E-state index contributed by atoms with van der Waals surface area (Å²) < 4.78 is 0. The van der Waals surface area contributed by atoms with Gasteiger partial charge in [-0.15, -0.1) is 0 Å². The number of benzene rings is 1. The highest BCUT2D eigenvalue weighted by Crippen LogP contribution is 2.30. The number of hydrogen-bond acceptors (Lipinski definition) is 1. The predicted molar refractivity (Wildman–Crippen MR) is 51.7 cm³/mol. The van der Waals surface area contributed by atoms with Gasteiger partial charge in [0.05, 0.1) is 6.54 Å². The Morgan fingerprint density at radius 3 is 2.77 bits per heavy atom. The Labute approximate surface area is 77.5 Å². The smallest absolute Gasteiger partial charge is 0.224 e. The molecule has 1 aliphatic rings. The molecule has 1 aromatic carbocycles. The number of hydrogen-bond donors (Lipinski definition) is 0. The van der Waals surface area contributed by atoms with Crippen LogP contribution in [0.15, 0.2) is 30.8 Å². The molecule has 1 aliphatic heterocycles. The van der Waals surface area contributed by atoms with Gasteiger partial charge < -0.3 is 4.90 Å². The molecule has 1 heterocycles. The fraction of sp³-hybridized carbons (Fsp3) is 0.182. The second-order valence-corrected chi connectivity index (χ2v) is 3.21. The minimum atomic E-state index is 0.0567. The van der Waals surface area contributed by atoms with Crippen molar-refractivity contribution < 1.29 is 4.79 Å². The van der Waals surface area contributed by atoms with Crippen molar-refractivity contribution in [3.05, 3.63) is 42.0 Å². The molecule has 0 aliphatic carbocycles. The molecule has 0 N–H and O–H groups in total. The van der Waals surface area contributed by atoms with Gasteiger partial charge in [-0.3, -0.25) is 4.79 Å². The summed E-state index contributed by atoms with van der Waals surface area (Å²) in [5.41, 5.74) is 3.10. The fourth-order valence-corrected chi connectivity index (χ4v) is 1.65. The molecular weight excluding hydrogens is 162 g/mol. The van der Waals surface area contributed by atoms with E-state index in [9.17, 15) is 4.79 Å². The quantitative estimate of drug-likeness (QED) is 0.587. The molecule has 0 radical (unpaired) electrons. The molecule has 66 valence electrons. The topological polar surface area (TPSA) is 20.3 Å². The standard InChI is InChI=1S/C11H11NO/c1-8-11-6-4-3-5-10(11)7-12(8)9(2)13/h3-6H,1,7H2,2H3. The number of carbonyl (C=O) groups excluding carboxylic acids is 1. The van der Waals surface area contributed by atoms with Gasteiger partial charge in [-0.05, 0) is 5.56 Å². The minimum absolute atomic E-state index is 0.0567. The Morgan fingerprint density at radius 1 is 1.46 bits per heavy atom. The lowest BCUT2D eigenvalue weighted by Gasteiger charge is -2.13.